The predicted octanol–water partition coefficient (Wildman–Crippen LogP) is 8.17. The average molecular weight is 658 g/mol. The van der Waals surface area contributed by atoms with Crippen molar-refractivity contribution in [1.29, 1.82) is 5.26 Å². The van der Waals surface area contributed by atoms with Crippen LogP contribution in [-0.2, 0) is 19.0 Å². The third-order valence-electron chi connectivity index (χ3n) is 10.0. The highest BCUT2D eigenvalue weighted by atomic mass is 19.4. The van der Waals surface area contributed by atoms with Gasteiger partial charge in [-0.05, 0) is 78.7 Å². The molecular weight excluding hydrogens is 620 g/mol. The van der Waals surface area contributed by atoms with Gasteiger partial charge < -0.3 is 10.0 Å². The minimum absolute atomic E-state index is 0.0532. The lowest BCUT2D eigenvalue weighted by atomic mass is 9.68. The topological polar surface area (TPSA) is 85.9 Å². The first-order valence-electron chi connectivity index (χ1n) is 16.1. The van der Waals surface area contributed by atoms with E-state index in [4.69, 9.17) is 10.2 Å². The molecule has 1 saturated heterocycles. The molecule has 1 saturated carbocycles. The molecule has 250 valence electrons. The summed E-state index contributed by atoms with van der Waals surface area (Å²) in [6.45, 7) is 5.21. The van der Waals surface area contributed by atoms with Crippen LogP contribution in [-0.4, -0.2) is 39.1 Å². The number of hydrogen-bond donors (Lipinski definition) is 1. The summed E-state index contributed by atoms with van der Waals surface area (Å²) in [6.07, 6.45) is -0.805. The molecule has 2 aromatic heterocycles. The van der Waals surface area contributed by atoms with Crippen LogP contribution in [0.3, 0.4) is 0 Å². The second-order valence-electron chi connectivity index (χ2n) is 14.1. The molecule has 3 aliphatic rings. The number of anilines is 1. The number of fused-ring (bicyclic) bond motifs is 1. The van der Waals surface area contributed by atoms with Gasteiger partial charge in [0.15, 0.2) is 0 Å². The van der Waals surface area contributed by atoms with E-state index in [2.05, 4.69) is 9.97 Å². The Kier molecular flexibility index (Phi) is 8.74. The number of piperidine rings is 1. The van der Waals surface area contributed by atoms with E-state index in [0.717, 1.165) is 17.7 Å². The Bertz CT molecular complexity index is 1670. The highest BCUT2D eigenvalue weighted by molar-refractivity contribution is 5.50. The van der Waals surface area contributed by atoms with Crippen LogP contribution >= 0.6 is 0 Å². The van der Waals surface area contributed by atoms with Gasteiger partial charge in [-0.25, -0.2) is 23.1 Å². The maximum absolute atomic E-state index is 15.4. The molecule has 1 N–H and O–H groups in total. The second-order valence-corrected chi connectivity index (χ2v) is 14.1. The van der Waals surface area contributed by atoms with Gasteiger partial charge in [0.1, 0.15) is 11.9 Å². The third kappa shape index (κ3) is 6.96. The fraction of sp³-hybridized carbons (Fsp3) is 0.543. The number of aliphatic hydroxyl groups excluding tert-OH is 1. The number of benzene rings is 1. The molecule has 47 heavy (non-hydrogen) atoms. The molecule has 1 atom stereocenters. The van der Waals surface area contributed by atoms with E-state index >= 15 is 4.39 Å². The van der Waals surface area contributed by atoms with Gasteiger partial charge in [-0.2, -0.15) is 18.4 Å². The molecule has 6 nitrogen and oxygen atoms in total. The Morgan fingerprint density at radius 1 is 1.00 bits per heavy atom. The van der Waals surface area contributed by atoms with Crippen molar-refractivity contribution < 1.29 is 31.4 Å². The van der Waals surface area contributed by atoms with Gasteiger partial charge >= 0.3 is 6.18 Å². The largest absolute Gasteiger partial charge is 0.416 e. The van der Waals surface area contributed by atoms with Crippen molar-refractivity contribution >= 4 is 5.95 Å². The summed E-state index contributed by atoms with van der Waals surface area (Å²) in [6, 6.07) is 4.50. The second kappa shape index (κ2) is 12.4. The van der Waals surface area contributed by atoms with Crippen molar-refractivity contribution in [3.63, 3.8) is 0 Å². The molecule has 0 bridgehead atoms. The standard InChI is InChI=1S/C35H37F6N5O/c1-33(2)15-27-30(28(47)16-33)29(21-5-9-34(37,38)10-6-21)25(13-23-3-4-24(14-26(23)36)35(39,40)41)31(45-27)22-7-11-46(12-8-22)32-43-18-20(17-42)19-44-32/h3-4,14,18-19,21-22,28,47H,5-13,15-16H2,1-2H3/t28-/m0/s1. The van der Waals surface area contributed by atoms with Crippen LogP contribution < -0.4 is 4.90 Å². The molecule has 1 aliphatic heterocycles. The number of alkyl halides is 5. The van der Waals surface area contributed by atoms with Crippen molar-refractivity contribution in [3.05, 3.63) is 81.2 Å². The fourth-order valence-corrected chi connectivity index (χ4v) is 7.66. The fourth-order valence-electron chi connectivity index (χ4n) is 7.66. The summed E-state index contributed by atoms with van der Waals surface area (Å²) in [7, 11) is 0. The number of aromatic nitrogens is 3. The van der Waals surface area contributed by atoms with Gasteiger partial charge in [-0.3, -0.25) is 4.98 Å². The first-order valence-corrected chi connectivity index (χ1v) is 16.1. The zero-order valence-corrected chi connectivity index (χ0v) is 26.3. The van der Waals surface area contributed by atoms with Crippen LogP contribution in [0.4, 0.5) is 32.3 Å². The van der Waals surface area contributed by atoms with E-state index < -0.39 is 29.6 Å². The van der Waals surface area contributed by atoms with Crippen molar-refractivity contribution in [3.8, 4) is 6.07 Å². The van der Waals surface area contributed by atoms with Crippen molar-refractivity contribution in [2.45, 2.75) is 102 Å². The molecular formula is C35H37F6N5O. The van der Waals surface area contributed by atoms with E-state index in [1.165, 1.54) is 12.4 Å². The Morgan fingerprint density at radius 3 is 2.26 bits per heavy atom. The minimum Gasteiger partial charge on any atom is -0.388 e. The van der Waals surface area contributed by atoms with E-state index in [-0.39, 0.29) is 54.9 Å². The van der Waals surface area contributed by atoms with Crippen LogP contribution in [0.25, 0.3) is 0 Å². The van der Waals surface area contributed by atoms with Gasteiger partial charge in [0.2, 0.25) is 11.9 Å². The summed E-state index contributed by atoms with van der Waals surface area (Å²) in [4.78, 5) is 15.8. The number of nitriles is 1. The van der Waals surface area contributed by atoms with Gasteiger partial charge in [0, 0.05) is 55.2 Å². The lowest BCUT2D eigenvalue weighted by molar-refractivity contribution is -0.137. The molecule has 12 heteroatoms. The van der Waals surface area contributed by atoms with E-state index in [0.29, 0.717) is 78.9 Å². The Hall–Kier alpha value is -3.72. The monoisotopic (exact) mass is 657 g/mol. The van der Waals surface area contributed by atoms with E-state index in [9.17, 15) is 27.1 Å². The molecule has 0 unspecified atom stereocenters. The molecule has 6 rings (SSSR count). The Labute approximate surface area is 269 Å². The molecule has 1 aromatic carbocycles. The summed E-state index contributed by atoms with van der Waals surface area (Å²) < 4.78 is 84.4. The smallest absolute Gasteiger partial charge is 0.388 e. The zero-order chi connectivity index (χ0) is 33.7. The molecule has 0 amide bonds. The quantitative estimate of drug-likeness (QED) is 0.279. The first kappa shape index (κ1) is 33.2. The molecule has 2 aliphatic carbocycles. The average Bonchev–Trinajstić information content (AvgIpc) is 3.01. The zero-order valence-electron chi connectivity index (χ0n) is 26.3. The summed E-state index contributed by atoms with van der Waals surface area (Å²) >= 11 is 0. The third-order valence-corrected chi connectivity index (χ3v) is 10.0. The number of aliphatic hydroxyl groups is 1. The summed E-state index contributed by atoms with van der Waals surface area (Å²) in [5.74, 6) is -3.76. The molecule has 0 radical (unpaired) electrons. The van der Waals surface area contributed by atoms with Gasteiger partial charge in [0.25, 0.3) is 0 Å². The van der Waals surface area contributed by atoms with Crippen LogP contribution in [0.2, 0.25) is 0 Å². The highest BCUT2D eigenvalue weighted by Gasteiger charge is 2.42. The maximum Gasteiger partial charge on any atom is 0.416 e. The number of rotatable bonds is 5. The van der Waals surface area contributed by atoms with E-state index in [1.54, 1.807) is 0 Å². The highest BCUT2D eigenvalue weighted by Crippen LogP contribution is 2.50. The maximum atomic E-state index is 15.4. The summed E-state index contributed by atoms with van der Waals surface area (Å²) in [5.41, 5.74) is 2.42. The van der Waals surface area contributed by atoms with E-state index in [1.807, 2.05) is 24.8 Å². The lowest BCUT2D eigenvalue weighted by Gasteiger charge is -2.40. The SMILES string of the molecule is CC1(C)Cc2nc(C3CCN(c4ncc(C#N)cn4)CC3)c(Cc3ccc(C(F)(F)F)cc3F)c(C3CCC(F)(F)CC3)c2[C@@H](O)C1. The van der Waals surface area contributed by atoms with Gasteiger partial charge in [0.05, 0.1) is 29.6 Å². The number of halogens is 6. The normalized spacial score (nSPS) is 21.7. The molecule has 0 spiro atoms. The van der Waals surface area contributed by atoms with Crippen LogP contribution in [0.15, 0.2) is 30.6 Å². The molecule has 2 fully saturated rings. The van der Waals surface area contributed by atoms with Crippen LogP contribution in [0.5, 0.6) is 0 Å². The predicted molar refractivity (Wildman–Crippen MR) is 163 cm³/mol. The van der Waals surface area contributed by atoms with Crippen molar-refractivity contribution in [2.24, 2.45) is 5.41 Å². The molecule has 3 aromatic rings. The molecule has 3 heterocycles. The van der Waals surface area contributed by atoms with Crippen molar-refractivity contribution in [2.75, 3.05) is 18.0 Å². The number of pyridine rings is 1. The van der Waals surface area contributed by atoms with Crippen LogP contribution in [0, 0.1) is 22.6 Å². The summed E-state index contributed by atoms with van der Waals surface area (Å²) in [5, 5.41) is 20.6. The Balaban J connectivity index is 1.45. The number of nitrogens with zero attached hydrogens (tertiary/aromatic N) is 5. The van der Waals surface area contributed by atoms with Gasteiger partial charge in [-0.15, -0.1) is 0 Å². The number of hydrogen-bond acceptors (Lipinski definition) is 6. The first-order chi connectivity index (χ1) is 22.1. The Morgan fingerprint density at radius 2 is 1.66 bits per heavy atom. The lowest BCUT2D eigenvalue weighted by Crippen LogP contribution is -2.36. The minimum atomic E-state index is -4.71. The van der Waals surface area contributed by atoms with Crippen LogP contribution in [0.1, 0.15) is 122 Å². The van der Waals surface area contributed by atoms with Crippen molar-refractivity contribution in [1.82, 2.24) is 15.0 Å². The van der Waals surface area contributed by atoms with Gasteiger partial charge in [-0.1, -0.05) is 19.9 Å².